The van der Waals surface area contributed by atoms with E-state index in [2.05, 4.69) is 15.7 Å². The van der Waals surface area contributed by atoms with Crippen LogP contribution in [0.5, 0.6) is 0 Å². The molecule has 1 atom stereocenters. The second kappa shape index (κ2) is 9.41. The predicted octanol–water partition coefficient (Wildman–Crippen LogP) is 5.74. The van der Waals surface area contributed by atoms with E-state index >= 15 is 0 Å². The van der Waals surface area contributed by atoms with Crippen molar-refractivity contribution in [2.45, 2.75) is 24.6 Å². The molecule has 3 aromatic carbocycles. The van der Waals surface area contributed by atoms with Gasteiger partial charge >= 0.3 is 12.4 Å². The Balaban J connectivity index is 1.75. The van der Waals surface area contributed by atoms with E-state index in [9.17, 15) is 49.8 Å². The fourth-order valence-electron chi connectivity index (χ4n) is 4.57. The van der Waals surface area contributed by atoms with Crippen LogP contribution in [-0.4, -0.2) is 32.9 Å². The third-order valence-electron chi connectivity index (χ3n) is 6.22. The maximum Gasteiger partial charge on any atom is 0.416 e. The predicted molar refractivity (Wildman–Crippen MR) is 127 cm³/mol. The summed E-state index contributed by atoms with van der Waals surface area (Å²) in [5.74, 6) is -4.80. The van der Waals surface area contributed by atoms with Crippen molar-refractivity contribution >= 4 is 40.0 Å². The first-order valence-electron chi connectivity index (χ1n) is 11.3. The Bertz CT molecular complexity index is 1750. The number of nitrogens with one attached hydrogen (secondary N) is 2. The average molecular weight is 605 g/mol. The van der Waals surface area contributed by atoms with E-state index in [0.717, 1.165) is 30.5 Å². The molecule has 1 aliphatic heterocycles. The Labute approximate surface area is 228 Å². The molecule has 0 saturated heterocycles. The molecule has 0 radical (unpaired) electrons. The molecule has 41 heavy (non-hydrogen) atoms. The number of benzene rings is 3. The molecule has 1 aliphatic rings. The van der Waals surface area contributed by atoms with Crippen molar-refractivity contribution < 1.29 is 49.8 Å². The van der Waals surface area contributed by atoms with Gasteiger partial charge in [-0.05, 0) is 42.5 Å². The van der Waals surface area contributed by atoms with E-state index in [-0.39, 0.29) is 22.0 Å². The van der Waals surface area contributed by atoms with Gasteiger partial charge in [0, 0.05) is 27.1 Å². The first-order chi connectivity index (χ1) is 19.0. The zero-order valence-electron chi connectivity index (χ0n) is 19.9. The molecule has 7 nitrogen and oxygen atoms in total. The lowest BCUT2D eigenvalue weighted by molar-refractivity contribution is -0.142. The van der Waals surface area contributed by atoms with Gasteiger partial charge in [0.2, 0.25) is 0 Å². The third-order valence-corrected chi connectivity index (χ3v) is 6.55. The first kappa shape index (κ1) is 28.3. The number of amides is 2. The molecule has 0 fully saturated rings. The minimum atomic E-state index is -5.04. The van der Waals surface area contributed by atoms with Crippen LogP contribution in [-0.2, 0) is 18.4 Å². The van der Waals surface area contributed by atoms with E-state index in [1.807, 2.05) is 0 Å². The van der Waals surface area contributed by atoms with Gasteiger partial charge in [0.25, 0.3) is 11.8 Å². The van der Waals surface area contributed by atoms with E-state index in [4.69, 9.17) is 11.6 Å². The summed E-state index contributed by atoms with van der Waals surface area (Å²) in [6.07, 6.45) is -8.92. The quantitative estimate of drug-likeness (QED) is 0.259. The molecule has 5 rings (SSSR count). The molecule has 2 heterocycles. The number of hydrogen-bond donors (Lipinski definition) is 3. The number of carbonyl (C=O) groups excluding carboxylic acids is 2. The molecule has 2 amide bonds. The minimum absolute atomic E-state index is 0.142. The lowest BCUT2D eigenvalue weighted by Crippen LogP contribution is -2.41. The Morgan fingerprint density at radius 3 is 2.41 bits per heavy atom. The highest BCUT2D eigenvalue weighted by atomic mass is 35.5. The molecule has 16 heteroatoms. The number of fused-ring (bicyclic) bond motifs is 3. The van der Waals surface area contributed by atoms with Crippen LogP contribution in [0.25, 0.3) is 10.9 Å². The molecule has 0 saturated carbocycles. The average Bonchev–Trinajstić information content (AvgIpc) is 3.36. The number of hydrogen-bond acceptors (Lipinski definition) is 4. The van der Waals surface area contributed by atoms with Crippen LogP contribution in [0.2, 0.25) is 5.02 Å². The summed E-state index contributed by atoms with van der Waals surface area (Å²) in [7, 11) is 0. The van der Waals surface area contributed by atoms with Crippen molar-refractivity contribution in [2.75, 3.05) is 5.32 Å². The lowest BCUT2D eigenvalue weighted by Gasteiger charge is -2.27. The van der Waals surface area contributed by atoms with Gasteiger partial charge in [-0.2, -0.15) is 31.4 Å². The maximum absolute atomic E-state index is 14.2. The maximum atomic E-state index is 14.2. The number of aromatic nitrogens is 2. The Morgan fingerprint density at radius 2 is 1.76 bits per heavy atom. The number of rotatable bonds is 4. The van der Waals surface area contributed by atoms with Gasteiger partial charge in [-0.1, -0.05) is 11.6 Å². The summed E-state index contributed by atoms with van der Waals surface area (Å²) >= 11 is 6.15. The largest absolute Gasteiger partial charge is 0.416 e. The first-order valence-corrected chi connectivity index (χ1v) is 11.6. The van der Waals surface area contributed by atoms with Crippen molar-refractivity contribution in [3.05, 3.63) is 93.1 Å². The van der Waals surface area contributed by atoms with Crippen LogP contribution in [0.15, 0.2) is 48.7 Å². The zero-order valence-corrected chi connectivity index (χ0v) is 20.6. The third kappa shape index (κ3) is 5.06. The molecule has 4 aromatic rings. The van der Waals surface area contributed by atoms with Crippen molar-refractivity contribution in [3.8, 4) is 0 Å². The number of nitrogens with zero attached hydrogens (tertiary/aromatic N) is 2. The highest BCUT2D eigenvalue weighted by molar-refractivity contribution is 6.31. The van der Waals surface area contributed by atoms with Crippen molar-refractivity contribution in [1.29, 1.82) is 0 Å². The molecule has 1 unspecified atom stereocenters. The fraction of sp³-hybridized carbons (Fsp3) is 0.160. The normalized spacial score (nSPS) is 17.1. The van der Waals surface area contributed by atoms with Gasteiger partial charge in [0.1, 0.15) is 18.2 Å². The number of halogens is 9. The number of alkyl halides is 6. The Morgan fingerprint density at radius 1 is 1.05 bits per heavy atom. The highest BCUT2D eigenvalue weighted by Crippen LogP contribution is 2.45. The molecule has 0 aliphatic carbocycles. The molecular formula is C25H13ClF8N4O3. The van der Waals surface area contributed by atoms with Crippen LogP contribution in [0.4, 0.5) is 40.8 Å². The van der Waals surface area contributed by atoms with Crippen LogP contribution in [0, 0.1) is 11.6 Å². The van der Waals surface area contributed by atoms with Gasteiger partial charge < -0.3 is 15.7 Å². The number of anilines is 1. The van der Waals surface area contributed by atoms with Crippen molar-refractivity contribution in [1.82, 2.24) is 15.1 Å². The van der Waals surface area contributed by atoms with E-state index in [1.165, 1.54) is 0 Å². The summed E-state index contributed by atoms with van der Waals surface area (Å²) in [6, 6.07) is 4.54. The van der Waals surface area contributed by atoms with Gasteiger partial charge in [0.05, 0.1) is 28.5 Å². The molecule has 0 bridgehead atoms. The Hall–Kier alpha value is -4.24. The van der Waals surface area contributed by atoms with Crippen molar-refractivity contribution in [3.63, 3.8) is 0 Å². The number of carbonyl (C=O) groups is 2. The molecule has 3 N–H and O–H groups in total. The van der Waals surface area contributed by atoms with Crippen LogP contribution in [0.1, 0.15) is 37.4 Å². The summed E-state index contributed by atoms with van der Waals surface area (Å²) in [4.78, 5) is 26.2. The number of aliphatic hydroxyl groups is 1. The summed E-state index contributed by atoms with van der Waals surface area (Å²) in [5, 5.41) is 19.1. The van der Waals surface area contributed by atoms with Crippen LogP contribution in [0.3, 0.4) is 0 Å². The molecule has 1 aromatic heterocycles. The fourth-order valence-corrected chi connectivity index (χ4v) is 4.82. The standard InChI is InChI=1S/C25H13ClF8N4O3/c26-16-2-1-12(27)6-15(16)24(41)20-17(36-21(39)10-3-11(25(32,33)34)5-13(28)4-10)7-18-14(19(20)22(40)37-24)8-35-38(18)9-23(29,30)31/h1-8,41H,9H2,(H,36,39)(H,37,40). The van der Waals surface area contributed by atoms with Gasteiger partial charge in [-0.25, -0.2) is 8.78 Å². The summed E-state index contributed by atoms with van der Waals surface area (Å²) in [5.41, 5.74) is -7.43. The van der Waals surface area contributed by atoms with E-state index in [1.54, 1.807) is 0 Å². The van der Waals surface area contributed by atoms with E-state index in [0.29, 0.717) is 16.8 Å². The zero-order chi connectivity index (χ0) is 30.1. The second-order valence-corrected chi connectivity index (χ2v) is 9.40. The van der Waals surface area contributed by atoms with Gasteiger partial charge in [0.15, 0.2) is 5.72 Å². The topological polar surface area (TPSA) is 96.2 Å². The Kier molecular flexibility index (Phi) is 6.49. The lowest BCUT2D eigenvalue weighted by atomic mass is 9.91. The smallest absolute Gasteiger partial charge is 0.363 e. The molecule has 0 spiro atoms. The second-order valence-electron chi connectivity index (χ2n) is 8.99. The van der Waals surface area contributed by atoms with Crippen LogP contribution < -0.4 is 10.6 Å². The monoisotopic (exact) mass is 604 g/mol. The molecular weight excluding hydrogens is 592 g/mol. The minimum Gasteiger partial charge on any atom is -0.363 e. The van der Waals surface area contributed by atoms with Gasteiger partial charge in [-0.15, -0.1) is 0 Å². The van der Waals surface area contributed by atoms with Gasteiger partial charge in [-0.3, -0.25) is 14.3 Å². The van der Waals surface area contributed by atoms with Crippen molar-refractivity contribution in [2.24, 2.45) is 0 Å². The van der Waals surface area contributed by atoms with E-state index < -0.39 is 81.6 Å². The highest BCUT2D eigenvalue weighted by Gasteiger charge is 2.48. The SMILES string of the molecule is O=C(Nc1cc2c(cnn2CC(F)(F)F)c2c1C(O)(c1cc(F)ccc1Cl)NC2=O)c1cc(F)cc(C(F)(F)F)c1. The molecule has 214 valence electrons. The summed E-state index contributed by atoms with van der Waals surface area (Å²) in [6.45, 7) is -1.64. The van der Waals surface area contributed by atoms with Crippen LogP contribution >= 0.6 is 11.6 Å². The summed E-state index contributed by atoms with van der Waals surface area (Å²) < 4.78 is 108.